The van der Waals surface area contributed by atoms with E-state index in [4.69, 9.17) is 23.2 Å². The van der Waals surface area contributed by atoms with Gasteiger partial charge in [-0.15, -0.1) is 0 Å². The van der Waals surface area contributed by atoms with Crippen LogP contribution in [-0.4, -0.2) is 10.5 Å². The fourth-order valence-corrected chi connectivity index (χ4v) is 1.03. The maximum Gasteiger partial charge on any atom is 0.252 e. The molecule has 0 atom stereocenters. The molecule has 0 saturated heterocycles. The summed E-state index contributed by atoms with van der Waals surface area (Å²) in [5.74, 6) is -0.726. The van der Waals surface area contributed by atoms with Crippen molar-refractivity contribution < 1.29 is 14.0 Å². The zero-order valence-electron chi connectivity index (χ0n) is 6.18. The summed E-state index contributed by atoms with van der Waals surface area (Å²) >= 11 is 10.2. The van der Waals surface area contributed by atoms with Gasteiger partial charge in [0.2, 0.25) is 0 Å². The van der Waals surface area contributed by atoms with Crippen molar-refractivity contribution >= 4 is 33.7 Å². The predicted octanol–water partition coefficient (Wildman–Crippen LogP) is 2.58. The molecule has 0 fully saturated rings. The highest BCUT2D eigenvalue weighted by Crippen LogP contribution is 2.13. The molecule has 13 heavy (non-hydrogen) atoms. The Bertz CT molecular complexity index is 344. The fourth-order valence-electron chi connectivity index (χ4n) is 0.817. The number of hydrogen-bond acceptors (Lipinski definition) is 2. The van der Waals surface area contributed by atoms with Crippen LogP contribution < -0.4 is 0 Å². The molecule has 0 saturated carbocycles. The molecule has 2 nitrogen and oxygen atoms in total. The molecule has 0 aliphatic carbocycles. The van der Waals surface area contributed by atoms with Crippen molar-refractivity contribution in [2.24, 2.45) is 0 Å². The minimum absolute atomic E-state index is 0.0920. The maximum absolute atomic E-state index is 12.7. The van der Waals surface area contributed by atoms with Crippen molar-refractivity contribution in [3.63, 3.8) is 0 Å². The van der Waals surface area contributed by atoms with Crippen molar-refractivity contribution in [1.82, 2.24) is 0 Å². The minimum atomic E-state index is -0.835. The van der Waals surface area contributed by atoms with Crippen LogP contribution >= 0.6 is 23.2 Å². The Hall–Kier alpha value is -0.930. The van der Waals surface area contributed by atoms with Gasteiger partial charge in [-0.05, 0) is 41.4 Å². The molecule has 0 N–H and O–H groups in total. The van der Waals surface area contributed by atoms with Gasteiger partial charge in [0.15, 0.2) is 0 Å². The molecule has 0 bridgehead atoms. The van der Waals surface area contributed by atoms with Gasteiger partial charge in [0, 0.05) is 11.1 Å². The van der Waals surface area contributed by atoms with E-state index >= 15 is 0 Å². The Kier molecular flexibility index (Phi) is 3.01. The smallest absolute Gasteiger partial charge is 0.252 e. The average molecular weight is 221 g/mol. The number of benzene rings is 1. The van der Waals surface area contributed by atoms with Crippen molar-refractivity contribution in [2.45, 2.75) is 0 Å². The van der Waals surface area contributed by atoms with Gasteiger partial charge in [0.25, 0.3) is 10.5 Å². The third-order valence-electron chi connectivity index (χ3n) is 1.35. The lowest BCUT2D eigenvalue weighted by Crippen LogP contribution is -1.96. The van der Waals surface area contributed by atoms with E-state index in [1.807, 2.05) is 0 Å². The van der Waals surface area contributed by atoms with Gasteiger partial charge in [-0.25, -0.2) is 4.39 Å². The maximum atomic E-state index is 12.7. The second-order valence-electron chi connectivity index (χ2n) is 2.28. The molecule has 68 valence electrons. The lowest BCUT2D eigenvalue weighted by atomic mass is 10.1. The highest BCUT2D eigenvalue weighted by Gasteiger charge is 2.09. The third kappa shape index (κ3) is 2.50. The quantitative estimate of drug-likeness (QED) is 0.719. The van der Waals surface area contributed by atoms with Crippen molar-refractivity contribution in [1.29, 1.82) is 0 Å². The Balaban J connectivity index is 3.26. The molecule has 0 amide bonds. The Morgan fingerprint density at radius 1 is 1.00 bits per heavy atom. The molecule has 0 aliphatic heterocycles. The summed E-state index contributed by atoms with van der Waals surface area (Å²) in [6.07, 6.45) is 0. The first-order chi connectivity index (χ1) is 6.00. The lowest BCUT2D eigenvalue weighted by Gasteiger charge is -1.97. The summed E-state index contributed by atoms with van der Waals surface area (Å²) in [7, 11) is 0. The van der Waals surface area contributed by atoms with E-state index < -0.39 is 16.3 Å². The summed E-state index contributed by atoms with van der Waals surface area (Å²) in [6, 6.07) is 2.99. The summed E-state index contributed by atoms with van der Waals surface area (Å²) < 4.78 is 12.7. The van der Waals surface area contributed by atoms with Gasteiger partial charge in [-0.2, -0.15) is 0 Å². The number of hydrogen-bond donors (Lipinski definition) is 0. The van der Waals surface area contributed by atoms with Crippen LogP contribution in [0.1, 0.15) is 20.7 Å². The summed E-state index contributed by atoms with van der Waals surface area (Å²) in [5.41, 5.74) is -0.184. The largest absolute Gasteiger partial charge is 0.276 e. The van der Waals surface area contributed by atoms with Crippen LogP contribution in [0.3, 0.4) is 0 Å². The van der Waals surface area contributed by atoms with E-state index in [2.05, 4.69) is 0 Å². The first-order valence-electron chi connectivity index (χ1n) is 3.21. The summed E-state index contributed by atoms with van der Waals surface area (Å²) in [4.78, 5) is 21.2. The van der Waals surface area contributed by atoms with Gasteiger partial charge >= 0.3 is 0 Å². The van der Waals surface area contributed by atoms with E-state index in [-0.39, 0.29) is 11.1 Å². The molecule has 0 radical (unpaired) electrons. The van der Waals surface area contributed by atoms with Crippen LogP contribution in [0, 0.1) is 5.82 Å². The molecule has 0 heterocycles. The number of halogens is 3. The zero-order chi connectivity index (χ0) is 10.0. The summed E-state index contributed by atoms with van der Waals surface area (Å²) in [6.45, 7) is 0. The molecule has 0 aliphatic rings. The Morgan fingerprint density at radius 2 is 1.38 bits per heavy atom. The second-order valence-corrected chi connectivity index (χ2v) is 2.96. The zero-order valence-corrected chi connectivity index (χ0v) is 7.69. The number of carbonyl (C=O) groups excluding carboxylic acids is 2. The Labute approximate surface area is 83.3 Å². The van der Waals surface area contributed by atoms with Gasteiger partial charge in [-0.3, -0.25) is 9.59 Å². The second kappa shape index (κ2) is 3.85. The van der Waals surface area contributed by atoms with E-state index in [9.17, 15) is 14.0 Å². The van der Waals surface area contributed by atoms with Crippen molar-refractivity contribution in [3.8, 4) is 0 Å². The van der Waals surface area contributed by atoms with E-state index in [0.29, 0.717) is 0 Å². The fraction of sp³-hybridized carbons (Fsp3) is 0. The average Bonchev–Trinajstić information content (AvgIpc) is 2.03. The van der Waals surface area contributed by atoms with E-state index in [1.54, 1.807) is 0 Å². The van der Waals surface area contributed by atoms with Crippen LogP contribution in [0.5, 0.6) is 0 Å². The van der Waals surface area contributed by atoms with Gasteiger partial charge in [0.05, 0.1) is 0 Å². The highest BCUT2D eigenvalue weighted by molar-refractivity contribution is 6.69. The Morgan fingerprint density at radius 3 is 1.69 bits per heavy atom. The molecule has 5 heteroatoms. The summed E-state index contributed by atoms with van der Waals surface area (Å²) in [5, 5.41) is -1.67. The van der Waals surface area contributed by atoms with Gasteiger partial charge in [0.1, 0.15) is 5.82 Å². The first-order valence-corrected chi connectivity index (χ1v) is 3.96. The van der Waals surface area contributed by atoms with Crippen molar-refractivity contribution in [3.05, 3.63) is 35.1 Å². The van der Waals surface area contributed by atoms with Crippen LogP contribution in [0.25, 0.3) is 0 Å². The molecule has 0 unspecified atom stereocenters. The van der Waals surface area contributed by atoms with Crippen LogP contribution in [0.4, 0.5) is 4.39 Å². The molecule has 1 aromatic carbocycles. The molecule has 1 aromatic rings. The van der Waals surface area contributed by atoms with Crippen LogP contribution in [0.2, 0.25) is 0 Å². The molecule has 0 spiro atoms. The van der Waals surface area contributed by atoms with E-state index in [1.165, 1.54) is 0 Å². The van der Waals surface area contributed by atoms with Crippen LogP contribution in [0.15, 0.2) is 18.2 Å². The number of rotatable bonds is 2. The highest BCUT2D eigenvalue weighted by atomic mass is 35.5. The standard InChI is InChI=1S/C8H3Cl2FO2/c9-7(12)4-1-5(8(10)13)3-6(11)2-4/h1-3H. The van der Waals surface area contributed by atoms with E-state index in [0.717, 1.165) is 18.2 Å². The van der Waals surface area contributed by atoms with Crippen LogP contribution in [-0.2, 0) is 0 Å². The normalized spacial score (nSPS) is 9.77. The predicted molar refractivity (Wildman–Crippen MR) is 46.8 cm³/mol. The topological polar surface area (TPSA) is 34.1 Å². The third-order valence-corrected chi connectivity index (χ3v) is 1.79. The SMILES string of the molecule is O=C(Cl)c1cc(F)cc(C(=O)Cl)c1. The monoisotopic (exact) mass is 220 g/mol. The molecule has 1 rings (SSSR count). The molecular weight excluding hydrogens is 218 g/mol. The minimum Gasteiger partial charge on any atom is -0.276 e. The number of carbonyl (C=O) groups is 2. The lowest BCUT2D eigenvalue weighted by molar-refractivity contribution is 0.108. The van der Waals surface area contributed by atoms with Crippen molar-refractivity contribution in [2.75, 3.05) is 0 Å². The van der Waals surface area contributed by atoms with Gasteiger partial charge in [-0.1, -0.05) is 0 Å². The van der Waals surface area contributed by atoms with Gasteiger partial charge < -0.3 is 0 Å². The first kappa shape index (κ1) is 10.2. The molecular formula is C8H3Cl2FO2. The molecule has 0 aromatic heterocycles.